The first-order chi connectivity index (χ1) is 18.3. The first kappa shape index (κ1) is 24.9. The van der Waals surface area contributed by atoms with Gasteiger partial charge in [0.2, 0.25) is 5.88 Å². The average molecular weight is 523 g/mol. The van der Waals surface area contributed by atoms with Gasteiger partial charge in [-0.3, -0.25) is 9.69 Å². The molecule has 4 N–H and O–H groups in total. The highest BCUT2D eigenvalue weighted by molar-refractivity contribution is 5.95. The molecule has 4 heterocycles. The second-order valence-electron chi connectivity index (χ2n) is 11.0. The molecule has 2 amide bonds. The summed E-state index contributed by atoms with van der Waals surface area (Å²) in [4.78, 5) is 34.7. The smallest absolute Gasteiger partial charge is 0.415 e. The van der Waals surface area contributed by atoms with Crippen molar-refractivity contribution in [2.24, 2.45) is 11.7 Å². The lowest BCUT2D eigenvalue weighted by Gasteiger charge is -2.19. The van der Waals surface area contributed by atoms with Gasteiger partial charge < -0.3 is 30.6 Å². The number of anilines is 2. The second-order valence-corrected chi connectivity index (χ2v) is 11.0. The highest BCUT2D eigenvalue weighted by Gasteiger charge is 2.39. The molecule has 2 aromatic rings. The summed E-state index contributed by atoms with van der Waals surface area (Å²) in [6, 6.07) is 3.40. The highest BCUT2D eigenvalue weighted by atomic mass is 16.6. The molecule has 0 radical (unpaired) electrons. The number of fused-ring (bicyclic) bond motifs is 2. The van der Waals surface area contributed by atoms with E-state index in [1.54, 1.807) is 12.1 Å². The van der Waals surface area contributed by atoms with Crippen LogP contribution in [0, 0.1) is 19.8 Å². The maximum absolute atomic E-state index is 12.5. The Labute approximate surface area is 221 Å². The number of hydrogen-bond donors (Lipinski definition) is 3. The van der Waals surface area contributed by atoms with Crippen molar-refractivity contribution in [1.82, 2.24) is 15.3 Å². The van der Waals surface area contributed by atoms with E-state index in [4.69, 9.17) is 24.9 Å². The summed E-state index contributed by atoms with van der Waals surface area (Å²) in [5.74, 6) is 2.18. The predicted octanol–water partition coefficient (Wildman–Crippen LogP) is 2.01. The van der Waals surface area contributed by atoms with Crippen LogP contribution in [0.1, 0.15) is 41.6 Å². The van der Waals surface area contributed by atoms with E-state index in [-0.39, 0.29) is 24.2 Å². The van der Waals surface area contributed by atoms with Crippen LogP contribution in [0.4, 0.5) is 16.4 Å². The summed E-state index contributed by atoms with van der Waals surface area (Å²) in [6.07, 6.45) is 4.06. The number of nitrogens with one attached hydrogen (secondary N) is 2. The minimum absolute atomic E-state index is 0.0390. The van der Waals surface area contributed by atoms with Gasteiger partial charge in [-0.25, -0.2) is 14.8 Å². The standard InChI is InChI=1S/C27H34N6O5/c1-15-19-9-17(10-20(19)16(2)30-25(15)37-14-27(28)6-7-27)11-29-8-5-18-12-33(26(35)38-18)22-4-3-21-24(31-22)32-23(34)13-36-21/h3-4,17-18,29H,5-14,28H2,1-2H3,(H,31,32,34). The third-order valence-electron chi connectivity index (χ3n) is 7.90. The third kappa shape index (κ3) is 5.00. The Morgan fingerprint density at radius 2 is 2.03 bits per heavy atom. The van der Waals surface area contributed by atoms with Gasteiger partial charge in [0, 0.05) is 11.3 Å². The molecule has 2 unspecified atom stereocenters. The van der Waals surface area contributed by atoms with E-state index >= 15 is 0 Å². The van der Waals surface area contributed by atoms with Crippen LogP contribution in [-0.2, 0) is 22.4 Å². The molecular weight excluding hydrogens is 488 g/mol. The SMILES string of the molecule is Cc1nc(OCC2(N)CC2)c(C)c2c1CC(CNCCC1CN(c3ccc4c(n3)NC(=O)CO4)C(=O)O1)C2. The number of hydrogen-bond acceptors (Lipinski definition) is 9. The fraction of sp³-hybridized carbons (Fsp3) is 0.556. The van der Waals surface area contributed by atoms with Crippen LogP contribution in [0.3, 0.4) is 0 Å². The number of carbonyl (C=O) groups is 2. The van der Waals surface area contributed by atoms with E-state index in [0.717, 1.165) is 55.9 Å². The van der Waals surface area contributed by atoms with Gasteiger partial charge in [-0.1, -0.05) is 0 Å². The molecule has 2 fully saturated rings. The molecule has 2 aromatic heterocycles. The molecule has 1 saturated carbocycles. The molecule has 2 aliphatic carbocycles. The number of cyclic esters (lactones) is 1. The lowest BCUT2D eigenvalue weighted by atomic mass is 10.0. The number of nitrogens with two attached hydrogens (primary N) is 1. The van der Waals surface area contributed by atoms with E-state index < -0.39 is 6.09 Å². The molecule has 2 aliphatic heterocycles. The molecule has 202 valence electrons. The van der Waals surface area contributed by atoms with E-state index in [1.807, 2.05) is 0 Å². The normalized spacial score (nSPS) is 22.9. The van der Waals surface area contributed by atoms with Gasteiger partial charge in [-0.2, -0.15) is 0 Å². The van der Waals surface area contributed by atoms with Gasteiger partial charge in [-0.05, 0) is 88.2 Å². The summed E-state index contributed by atoms with van der Waals surface area (Å²) in [7, 11) is 0. The van der Waals surface area contributed by atoms with Crippen molar-refractivity contribution < 1.29 is 23.8 Å². The van der Waals surface area contributed by atoms with Crippen LogP contribution >= 0.6 is 0 Å². The van der Waals surface area contributed by atoms with E-state index in [2.05, 4.69) is 29.5 Å². The highest BCUT2D eigenvalue weighted by Crippen LogP contribution is 2.37. The number of aryl methyl sites for hydroxylation is 1. The third-order valence-corrected chi connectivity index (χ3v) is 7.90. The zero-order valence-corrected chi connectivity index (χ0v) is 21.8. The molecule has 0 bridgehead atoms. The maximum atomic E-state index is 12.5. The average Bonchev–Trinajstić information content (AvgIpc) is 3.30. The van der Waals surface area contributed by atoms with Crippen LogP contribution in [0.5, 0.6) is 11.6 Å². The Morgan fingerprint density at radius 1 is 1.21 bits per heavy atom. The summed E-state index contributed by atoms with van der Waals surface area (Å²) >= 11 is 0. The first-order valence-electron chi connectivity index (χ1n) is 13.3. The first-order valence-corrected chi connectivity index (χ1v) is 13.3. The van der Waals surface area contributed by atoms with E-state index in [0.29, 0.717) is 42.9 Å². The molecule has 38 heavy (non-hydrogen) atoms. The molecule has 1 saturated heterocycles. The van der Waals surface area contributed by atoms with Gasteiger partial charge in [0.25, 0.3) is 5.91 Å². The Morgan fingerprint density at radius 3 is 2.84 bits per heavy atom. The fourth-order valence-corrected chi connectivity index (χ4v) is 5.41. The number of carbonyl (C=O) groups excluding carboxylic acids is 2. The van der Waals surface area contributed by atoms with Crippen molar-refractivity contribution in [2.75, 3.05) is 43.1 Å². The Hall–Kier alpha value is -3.44. The van der Waals surface area contributed by atoms with Crippen molar-refractivity contribution >= 4 is 23.6 Å². The monoisotopic (exact) mass is 522 g/mol. The molecule has 0 aromatic carbocycles. The van der Waals surface area contributed by atoms with Crippen LogP contribution in [0.15, 0.2) is 12.1 Å². The van der Waals surface area contributed by atoms with Gasteiger partial charge in [0.05, 0.1) is 12.1 Å². The van der Waals surface area contributed by atoms with Crippen LogP contribution in [0.2, 0.25) is 0 Å². The Balaban J connectivity index is 0.981. The quantitative estimate of drug-likeness (QED) is 0.422. The Bertz CT molecular complexity index is 1280. The summed E-state index contributed by atoms with van der Waals surface area (Å²) in [6.45, 7) is 6.69. The number of rotatable bonds is 9. The predicted molar refractivity (Wildman–Crippen MR) is 140 cm³/mol. The van der Waals surface area contributed by atoms with Crippen molar-refractivity contribution in [2.45, 2.75) is 57.6 Å². The van der Waals surface area contributed by atoms with Crippen molar-refractivity contribution in [3.05, 3.63) is 34.5 Å². The maximum Gasteiger partial charge on any atom is 0.415 e. The van der Waals surface area contributed by atoms with E-state index in [9.17, 15) is 9.59 Å². The summed E-state index contributed by atoms with van der Waals surface area (Å²) < 4.78 is 16.9. The molecule has 0 spiro atoms. The number of ether oxygens (including phenoxy) is 3. The molecule has 11 heteroatoms. The van der Waals surface area contributed by atoms with Gasteiger partial charge >= 0.3 is 6.09 Å². The van der Waals surface area contributed by atoms with Crippen molar-refractivity contribution in [3.8, 4) is 11.6 Å². The molecule has 6 rings (SSSR count). The molecule has 2 atom stereocenters. The van der Waals surface area contributed by atoms with Crippen molar-refractivity contribution in [1.29, 1.82) is 0 Å². The zero-order chi connectivity index (χ0) is 26.4. The fourth-order valence-electron chi connectivity index (χ4n) is 5.41. The second kappa shape index (κ2) is 9.70. The minimum atomic E-state index is -0.435. The topological polar surface area (TPSA) is 141 Å². The zero-order valence-electron chi connectivity index (χ0n) is 21.8. The summed E-state index contributed by atoms with van der Waals surface area (Å²) in [5, 5.41) is 6.22. The minimum Gasteiger partial charge on any atom is -0.480 e. The summed E-state index contributed by atoms with van der Waals surface area (Å²) in [5.41, 5.74) is 10.9. The number of pyridine rings is 2. The van der Waals surface area contributed by atoms with Gasteiger partial charge in [-0.15, -0.1) is 0 Å². The number of nitrogens with zero attached hydrogens (tertiary/aromatic N) is 3. The van der Waals surface area contributed by atoms with Crippen LogP contribution in [0.25, 0.3) is 0 Å². The Kier molecular flexibility index (Phi) is 6.35. The number of aromatic nitrogens is 2. The van der Waals surface area contributed by atoms with Gasteiger partial charge in [0.1, 0.15) is 18.5 Å². The molecule has 4 aliphatic rings. The largest absolute Gasteiger partial charge is 0.480 e. The van der Waals surface area contributed by atoms with Crippen LogP contribution < -0.4 is 30.7 Å². The van der Waals surface area contributed by atoms with E-state index in [1.165, 1.54) is 16.0 Å². The van der Waals surface area contributed by atoms with Crippen LogP contribution in [-0.4, -0.2) is 66.5 Å². The number of amides is 2. The molecular formula is C27H34N6O5. The van der Waals surface area contributed by atoms with Gasteiger partial charge in [0.15, 0.2) is 18.2 Å². The van der Waals surface area contributed by atoms with Crippen molar-refractivity contribution in [3.63, 3.8) is 0 Å². The lowest BCUT2D eigenvalue weighted by molar-refractivity contribution is -0.118. The lowest BCUT2D eigenvalue weighted by Crippen LogP contribution is -2.30. The molecule has 11 nitrogen and oxygen atoms in total.